The Morgan fingerprint density at radius 3 is 2.40 bits per heavy atom. The minimum absolute atomic E-state index is 0.0806. The van der Waals surface area contributed by atoms with E-state index in [4.69, 9.17) is 14.5 Å². The highest BCUT2D eigenvalue weighted by molar-refractivity contribution is 6.09. The summed E-state index contributed by atoms with van der Waals surface area (Å²) >= 11 is 0. The predicted molar refractivity (Wildman–Crippen MR) is 171 cm³/mol. The SMILES string of the molecule is Cc1ccc(-c2nn(-c3ccccc3)cc2C2CC(c3c(O)c4c(C)ccc(C)c4oc3=O)=Nc3ccccc3N2)cc1. The summed E-state index contributed by atoms with van der Waals surface area (Å²) in [5.74, 6) is -0.108. The van der Waals surface area contributed by atoms with Gasteiger partial charge in [0.2, 0.25) is 0 Å². The smallest absolute Gasteiger partial charge is 0.349 e. The van der Waals surface area contributed by atoms with Crippen molar-refractivity contribution in [3.05, 3.63) is 135 Å². The van der Waals surface area contributed by atoms with Gasteiger partial charge in [0.05, 0.1) is 39.9 Å². The van der Waals surface area contributed by atoms with E-state index in [0.717, 1.165) is 44.9 Å². The Balaban J connectivity index is 1.43. The first-order chi connectivity index (χ1) is 20.9. The molecule has 1 unspecified atom stereocenters. The van der Waals surface area contributed by atoms with E-state index in [9.17, 15) is 9.90 Å². The molecule has 1 aliphatic heterocycles. The number of aromatic nitrogens is 2. The summed E-state index contributed by atoms with van der Waals surface area (Å²) in [6.07, 6.45) is 2.34. The maximum Gasteiger partial charge on any atom is 0.349 e. The van der Waals surface area contributed by atoms with Crippen molar-refractivity contribution in [1.82, 2.24) is 9.78 Å². The van der Waals surface area contributed by atoms with Crippen LogP contribution in [0.3, 0.4) is 0 Å². The van der Waals surface area contributed by atoms with E-state index < -0.39 is 5.63 Å². The molecule has 0 bridgehead atoms. The van der Waals surface area contributed by atoms with Crippen molar-refractivity contribution < 1.29 is 9.52 Å². The van der Waals surface area contributed by atoms with Crippen LogP contribution in [-0.4, -0.2) is 20.6 Å². The van der Waals surface area contributed by atoms with Crippen LogP contribution in [0.2, 0.25) is 0 Å². The number of rotatable bonds is 4. The number of aryl methyl sites for hydroxylation is 3. The average Bonchev–Trinajstić information content (AvgIpc) is 3.36. The summed E-state index contributed by atoms with van der Waals surface area (Å²) in [5.41, 5.74) is 8.22. The molecule has 1 aliphatic rings. The van der Waals surface area contributed by atoms with E-state index in [1.165, 1.54) is 0 Å². The third-order valence-corrected chi connectivity index (χ3v) is 8.07. The summed E-state index contributed by atoms with van der Waals surface area (Å²) in [4.78, 5) is 18.5. The van der Waals surface area contributed by atoms with Gasteiger partial charge in [0.15, 0.2) is 0 Å². The number of para-hydroxylation sites is 3. The molecule has 6 aromatic rings. The van der Waals surface area contributed by atoms with Crippen LogP contribution >= 0.6 is 0 Å². The average molecular weight is 567 g/mol. The lowest BCUT2D eigenvalue weighted by molar-refractivity contribution is 0.465. The van der Waals surface area contributed by atoms with Crippen molar-refractivity contribution >= 4 is 28.1 Å². The second-order valence-electron chi connectivity index (χ2n) is 11.1. The Morgan fingerprint density at radius 2 is 1.60 bits per heavy atom. The van der Waals surface area contributed by atoms with Crippen molar-refractivity contribution in [2.75, 3.05) is 5.32 Å². The van der Waals surface area contributed by atoms with Gasteiger partial charge < -0.3 is 14.8 Å². The normalized spacial score (nSPS) is 14.6. The Bertz CT molecular complexity index is 2090. The van der Waals surface area contributed by atoms with Crippen LogP contribution in [0.5, 0.6) is 5.75 Å². The van der Waals surface area contributed by atoms with Gasteiger partial charge in [-0.05, 0) is 56.2 Å². The third kappa shape index (κ3) is 4.69. The molecule has 2 N–H and O–H groups in total. The molecule has 0 fully saturated rings. The number of aliphatic imine (C=N–C) groups is 1. The van der Waals surface area contributed by atoms with Crippen LogP contribution in [0.25, 0.3) is 27.9 Å². The summed E-state index contributed by atoms with van der Waals surface area (Å²) < 4.78 is 7.72. The van der Waals surface area contributed by atoms with Gasteiger partial charge >= 0.3 is 5.63 Å². The van der Waals surface area contributed by atoms with Gasteiger partial charge in [-0.15, -0.1) is 0 Å². The first-order valence-electron chi connectivity index (χ1n) is 14.3. The number of nitrogens with one attached hydrogen (secondary N) is 1. The number of hydrogen-bond acceptors (Lipinski definition) is 6. The molecule has 4 aromatic carbocycles. The van der Waals surface area contributed by atoms with E-state index in [2.05, 4.69) is 36.5 Å². The monoisotopic (exact) mass is 566 g/mol. The highest BCUT2D eigenvalue weighted by atomic mass is 16.4. The van der Waals surface area contributed by atoms with Crippen LogP contribution < -0.4 is 10.9 Å². The van der Waals surface area contributed by atoms with E-state index in [1.54, 1.807) is 0 Å². The molecular weight excluding hydrogens is 536 g/mol. The molecule has 3 heterocycles. The minimum Gasteiger partial charge on any atom is -0.506 e. The fraction of sp³-hybridized carbons (Fsp3) is 0.139. The number of benzene rings is 4. The van der Waals surface area contributed by atoms with E-state index in [1.807, 2.05) is 91.5 Å². The van der Waals surface area contributed by atoms with Crippen LogP contribution in [0.15, 0.2) is 111 Å². The maximum absolute atomic E-state index is 13.5. The van der Waals surface area contributed by atoms with Gasteiger partial charge in [-0.1, -0.05) is 72.3 Å². The van der Waals surface area contributed by atoms with Gasteiger partial charge in [0.1, 0.15) is 16.9 Å². The van der Waals surface area contributed by atoms with Crippen LogP contribution in [0, 0.1) is 20.8 Å². The second-order valence-corrected chi connectivity index (χ2v) is 11.1. The molecule has 0 amide bonds. The van der Waals surface area contributed by atoms with Crippen LogP contribution in [0.1, 0.15) is 40.3 Å². The van der Waals surface area contributed by atoms with E-state index >= 15 is 0 Å². The van der Waals surface area contributed by atoms with Crippen molar-refractivity contribution in [2.45, 2.75) is 33.2 Å². The molecule has 1 atom stereocenters. The second kappa shape index (κ2) is 10.4. The molecule has 2 aromatic heterocycles. The lowest BCUT2D eigenvalue weighted by atomic mass is 9.94. The molecule has 7 rings (SSSR count). The summed E-state index contributed by atoms with van der Waals surface area (Å²) in [6, 6.07) is 29.5. The highest BCUT2D eigenvalue weighted by Crippen LogP contribution is 2.40. The fourth-order valence-corrected chi connectivity index (χ4v) is 5.78. The molecule has 0 spiro atoms. The summed E-state index contributed by atoms with van der Waals surface area (Å²) in [7, 11) is 0. The zero-order valence-corrected chi connectivity index (χ0v) is 24.1. The number of nitrogens with zero attached hydrogens (tertiary/aromatic N) is 3. The van der Waals surface area contributed by atoms with Crippen molar-refractivity contribution in [2.24, 2.45) is 4.99 Å². The zero-order chi connectivity index (χ0) is 29.7. The first kappa shape index (κ1) is 26.5. The van der Waals surface area contributed by atoms with Crippen molar-refractivity contribution in [1.29, 1.82) is 0 Å². The number of hydrogen-bond donors (Lipinski definition) is 2. The standard InChI is InChI=1S/C36H30N4O3/c1-21-13-17-24(18-14-21)33-26(20-40(39-33)25-9-5-4-6-10-25)29-19-30(38-28-12-8-7-11-27(28)37-29)32-34(41)31-22(2)15-16-23(3)35(31)43-36(32)42/h4-18,20,29,37,41H,19H2,1-3H3. The first-order valence-corrected chi connectivity index (χ1v) is 14.3. The Morgan fingerprint density at radius 1 is 0.884 bits per heavy atom. The maximum atomic E-state index is 13.5. The number of aromatic hydroxyl groups is 1. The van der Waals surface area contributed by atoms with Gasteiger partial charge in [0.25, 0.3) is 0 Å². The van der Waals surface area contributed by atoms with E-state index in [-0.39, 0.29) is 17.4 Å². The number of fused-ring (bicyclic) bond motifs is 2. The molecule has 0 radical (unpaired) electrons. The van der Waals surface area contributed by atoms with Gasteiger partial charge in [-0.2, -0.15) is 5.10 Å². The van der Waals surface area contributed by atoms with Crippen molar-refractivity contribution in [3.8, 4) is 22.7 Å². The third-order valence-electron chi connectivity index (χ3n) is 8.07. The Kier molecular flexibility index (Phi) is 6.43. The van der Waals surface area contributed by atoms with Gasteiger partial charge in [-0.25, -0.2) is 9.48 Å². The quantitative estimate of drug-likeness (QED) is 0.211. The Hall–Kier alpha value is -5.43. The van der Waals surface area contributed by atoms with Crippen LogP contribution in [-0.2, 0) is 0 Å². The molecule has 7 nitrogen and oxygen atoms in total. The minimum atomic E-state index is -0.616. The highest BCUT2D eigenvalue weighted by Gasteiger charge is 2.30. The van der Waals surface area contributed by atoms with Gasteiger partial charge in [0, 0.05) is 23.7 Å². The molecule has 212 valence electrons. The lowest BCUT2D eigenvalue weighted by Gasteiger charge is -2.19. The van der Waals surface area contributed by atoms with Crippen molar-refractivity contribution in [3.63, 3.8) is 0 Å². The predicted octanol–water partition coefficient (Wildman–Crippen LogP) is 7.95. The molecule has 43 heavy (non-hydrogen) atoms. The molecule has 0 aliphatic carbocycles. The Labute approximate surface area is 248 Å². The zero-order valence-electron chi connectivity index (χ0n) is 24.1. The lowest BCUT2D eigenvalue weighted by Crippen LogP contribution is -2.20. The van der Waals surface area contributed by atoms with E-state index in [0.29, 0.717) is 28.8 Å². The topological polar surface area (TPSA) is 92.6 Å². The number of anilines is 1. The van der Waals surface area contributed by atoms with Gasteiger partial charge in [-0.3, -0.25) is 4.99 Å². The molecule has 7 heteroatoms. The molecule has 0 saturated carbocycles. The van der Waals surface area contributed by atoms with Crippen LogP contribution in [0.4, 0.5) is 11.4 Å². The molecule has 0 saturated heterocycles. The largest absolute Gasteiger partial charge is 0.506 e. The fourth-order valence-electron chi connectivity index (χ4n) is 5.78. The summed E-state index contributed by atoms with van der Waals surface area (Å²) in [6.45, 7) is 5.82. The molecular formula is C36H30N4O3. The summed E-state index contributed by atoms with van der Waals surface area (Å²) in [5, 5.41) is 20.9.